The van der Waals surface area contributed by atoms with Crippen LogP contribution < -0.4 is 5.32 Å². The number of benzene rings is 1. The van der Waals surface area contributed by atoms with Crippen molar-refractivity contribution in [2.75, 3.05) is 51.3 Å². The summed E-state index contributed by atoms with van der Waals surface area (Å²) in [6.07, 6.45) is 9.32. The van der Waals surface area contributed by atoms with Gasteiger partial charge in [-0.3, -0.25) is 4.90 Å². The van der Waals surface area contributed by atoms with Crippen LogP contribution in [0.15, 0.2) is 36.4 Å². The molecule has 1 aromatic carbocycles. The molecule has 5 heteroatoms. The quantitative estimate of drug-likeness (QED) is 0.565. The van der Waals surface area contributed by atoms with Crippen molar-refractivity contribution >= 4 is 23.0 Å². The zero-order valence-electron chi connectivity index (χ0n) is 16.5. The Labute approximate surface area is 169 Å². The number of nitrogens with one attached hydrogen (secondary N) is 1. The van der Waals surface area contributed by atoms with Gasteiger partial charge in [0.2, 0.25) is 0 Å². The number of aryl methyl sites for hydroxylation is 1. The topological polar surface area (TPSA) is 27.7 Å². The largest absolute Gasteiger partial charge is 0.379 e. The van der Waals surface area contributed by atoms with E-state index in [-0.39, 0.29) is 0 Å². The van der Waals surface area contributed by atoms with Gasteiger partial charge in [-0.2, -0.15) is 0 Å². The standard InChI is InChI=1S/C22H33N3OS/c1-2-19-8-10-21(11-9-19)23-22(27)25(18-20-6-4-3-5-7-20)13-12-24-14-16-26-17-15-24/h3-4,8-11,20H,2,5-7,12-18H2,1H3,(H,23,27). The molecule has 0 amide bonds. The molecule has 1 aliphatic heterocycles. The Balaban J connectivity index is 1.59. The molecule has 1 unspecified atom stereocenters. The van der Waals surface area contributed by atoms with Crippen LogP contribution in [0.2, 0.25) is 0 Å². The minimum absolute atomic E-state index is 0.696. The van der Waals surface area contributed by atoms with Crippen LogP contribution in [-0.2, 0) is 11.2 Å². The summed E-state index contributed by atoms with van der Waals surface area (Å²) in [7, 11) is 0. The van der Waals surface area contributed by atoms with E-state index in [4.69, 9.17) is 17.0 Å². The molecule has 4 nitrogen and oxygen atoms in total. The molecule has 148 valence electrons. The van der Waals surface area contributed by atoms with E-state index in [1.165, 1.54) is 24.8 Å². The fraction of sp³-hybridized carbons (Fsp3) is 0.591. The molecule has 2 aliphatic rings. The smallest absolute Gasteiger partial charge is 0.173 e. The third kappa shape index (κ3) is 6.59. The van der Waals surface area contributed by atoms with Gasteiger partial charge in [0.1, 0.15) is 0 Å². The van der Waals surface area contributed by atoms with Crippen LogP contribution in [0.5, 0.6) is 0 Å². The fourth-order valence-electron chi connectivity index (χ4n) is 3.72. The van der Waals surface area contributed by atoms with E-state index in [1.807, 2.05) is 0 Å². The number of hydrogen-bond donors (Lipinski definition) is 1. The van der Waals surface area contributed by atoms with Crippen molar-refractivity contribution in [2.45, 2.75) is 32.6 Å². The van der Waals surface area contributed by atoms with Crippen LogP contribution in [0.3, 0.4) is 0 Å². The molecule has 0 spiro atoms. The summed E-state index contributed by atoms with van der Waals surface area (Å²) >= 11 is 5.81. The van der Waals surface area contributed by atoms with E-state index in [9.17, 15) is 0 Å². The van der Waals surface area contributed by atoms with E-state index in [0.717, 1.165) is 63.2 Å². The van der Waals surface area contributed by atoms with E-state index < -0.39 is 0 Å². The molecule has 0 aromatic heterocycles. The summed E-state index contributed by atoms with van der Waals surface area (Å²) in [5.41, 5.74) is 2.43. The van der Waals surface area contributed by atoms with Crippen LogP contribution >= 0.6 is 12.2 Å². The summed E-state index contributed by atoms with van der Waals surface area (Å²) in [6, 6.07) is 8.62. The maximum Gasteiger partial charge on any atom is 0.173 e. The first-order chi connectivity index (χ1) is 13.2. The van der Waals surface area contributed by atoms with Crippen LogP contribution in [0, 0.1) is 5.92 Å². The third-order valence-corrected chi connectivity index (χ3v) is 5.91. The highest BCUT2D eigenvalue weighted by molar-refractivity contribution is 7.80. The second kappa shape index (κ2) is 10.8. The summed E-state index contributed by atoms with van der Waals surface area (Å²) in [5.74, 6) is 0.696. The Morgan fingerprint density at radius 3 is 2.67 bits per heavy atom. The van der Waals surface area contributed by atoms with Gasteiger partial charge in [0, 0.05) is 38.4 Å². The van der Waals surface area contributed by atoms with Crippen molar-refractivity contribution in [2.24, 2.45) is 5.92 Å². The summed E-state index contributed by atoms with van der Waals surface area (Å²) in [4.78, 5) is 4.86. The number of hydrogen-bond acceptors (Lipinski definition) is 3. The van der Waals surface area contributed by atoms with Crippen LogP contribution in [0.1, 0.15) is 31.7 Å². The molecule has 1 aliphatic carbocycles. The molecule has 1 atom stereocenters. The number of anilines is 1. The number of ether oxygens (including phenoxy) is 1. The summed E-state index contributed by atoms with van der Waals surface area (Å²) < 4.78 is 5.47. The Morgan fingerprint density at radius 2 is 2.00 bits per heavy atom. The number of rotatable bonds is 7. The second-order valence-corrected chi connectivity index (χ2v) is 7.92. The number of allylic oxidation sites excluding steroid dienone is 2. The second-order valence-electron chi connectivity index (χ2n) is 7.53. The Hall–Kier alpha value is -1.43. The van der Waals surface area contributed by atoms with Crippen molar-refractivity contribution < 1.29 is 4.74 Å². The van der Waals surface area contributed by atoms with Gasteiger partial charge >= 0.3 is 0 Å². The van der Waals surface area contributed by atoms with Crippen LogP contribution in [0.25, 0.3) is 0 Å². The molecule has 3 rings (SSSR count). The van der Waals surface area contributed by atoms with Crippen LogP contribution in [-0.4, -0.2) is 60.8 Å². The first-order valence-corrected chi connectivity index (χ1v) is 10.8. The molecule has 1 saturated heterocycles. The van der Waals surface area contributed by atoms with Crippen molar-refractivity contribution in [1.82, 2.24) is 9.80 Å². The van der Waals surface area contributed by atoms with E-state index in [1.54, 1.807) is 0 Å². The lowest BCUT2D eigenvalue weighted by Gasteiger charge is -2.34. The lowest BCUT2D eigenvalue weighted by Crippen LogP contribution is -2.45. The number of thiocarbonyl (C=S) groups is 1. The predicted molar refractivity (Wildman–Crippen MR) is 117 cm³/mol. The average molecular weight is 388 g/mol. The highest BCUT2D eigenvalue weighted by Crippen LogP contribution is 2.20. The molecule has 0 radical (unpaired) electrons. The van der Waals surface area contributed by atoms with Gasteiger partial charge in [-0.25, -0.2) is 0 Å². The monoisotopic (exact) mass is 387 g/mol. The molecular formula is C22H33N3OS. The first-order valence-electron chi connectivity index (χ1n) is 10.3. The Morgan fingerprint density at radius 1 is 1.22 bits per heavy atom. The van der Waals surface area contributed by atoms with Crippen molar-refractivity contribution in [3.05, 3.63) is 42.0 Å². The maximum absolute atomic E-state index is 5.81. The van der Waals surface area contributed by atoms with Crippen molar-refractivity contribution in [3.63, 3.8) is 0 Å². The molecule has 0 bridgehead atoms. The SMILES string of the molecule is CCc1ccc(NC(=S)N(CCN2CCOCC2)CC2CC=CCC2)cc1. The van der Waals surface area contributed by atoms with Gasteiger partial charge < -0.3 is 15.0 Å². The lowest BCUT2D eigenvalue weighted by molar-refractivity contribution is 0.0356. The van der Waals surface area contributed by atoms with E-state index >= 15 is 0 Å². The molecule has 1 aromatic rings. The Bertz CT molecular complexity index is 610. The normalized spacial score (nSPS) is 20.4. The van der Waals surface area contributed by atoms with Gasteiger partial charge in [0.15, 0.2) is 5.11 Å². The number of nitrogens with zero attached hydrogens (tertiary/aromatic N) is 2. The minimum atomic E-state index is 0.696. The number of morpholine rings is 1. The summed E-state index contributed by atoms with van der Waals surface area (Å²) in [6.45, 7) is 8.98. The van der Waals surface area contributed by atoms with Gasteiger partial charge in [-0.05, 0) is 61.5 Å². The summed E-state index contributed by atoms with van der Waals surface area (Å²) in [5, 5.41) is 4.32. The fourth-order valence-corrected chi connectivity index (χ4v) is 4.01. The lowest BCUT2D eigenvalue weighted by atomic mass is 9.94. The van der Waals surface area contributed by atoms with E-state index in [0.29, 0.717) is 5.92 Å². The van der Waals surface area contributed by atoms with Gasteiger partial charge in [-0.15, -0.1) is 0 Å². The third-order valence-electron chi connectivity index (χ3n) is 5.55. The zero-order chi connectivity index (χ0) is 18.9. The molecule has 1 heterocycles. The van der Waals surface area contributed by atoms with Gasteiger partial charge in [0.25, 0.3) is 0 Å². The minimum Gasteiger partial charge on any atom is -0.379 e. The highest BCUT2D eigenvalue weighted by Gasteiger charge is 2.19. The average Bonchev–Trinajstić information content (AvgIpc) is 2.73. The van der Waals surface area contributed by atoms with Gasteiger partial charge in [0.05, 0.1) is 13.2 Å². The predicted octanol–water partition coefficient (Wildman–Crippen LogP) is 3.94. The Kier molecular flexibility index (Phi) is 8.11. The molecule has 1 fully saturated rings. The first kappa shape index (κ1) is 20.3. The van der Waals surface area contributed by atoms with Crippen LogP contribution in [0.4, 0.5) is 5.69 Å². The van der Waals surface area contributed by atoms with Crippen molar-refractivity contribution in [1.29, 1.82) is 0 Å². The maximum atomic E-state index is 5.81. The zero-order valence-corrected chi connectivity index (χ0v) is 17.3. The van der Waals surface area contributed by atoms with Gasteiger partial charge in [-0.1, -0.05) is 31.2 Å². The molecular weight excluding hydrogens is 354 g/mol. The highest BCUT2D eigenvalue weighted by atomic mass is 32.1. The molecule has 0 saturated carbocycles. The van der Waals surface area contributed by atoms with E-state index in [2.05, 4.69) is 58.5 Å². The molecule has 1 N–H and O–H groups in total. The van der Waals surface area contributed by atoms with Crippen molar-refractivity contribution in [3.8, 4) is 0 Å². The molecule has 27 heavy (non-hydrogen) atoms.